The number of hydrogen-bond donors (Lipinski definition) is 0. The molecule has 18 heavy (non-hydrogen) atoms. The number of fused-ring (bicyclic) bond motifs is 2. The van der Waals surface area contributed by atoms with Gasteiger partial charge in [-0.3, -0.25) is 0 Å². The maximum Gasteiger partial charge on any atom is 0.192 e. The van der Waals surface area contributed by atoms with E-state index in [-0.39, 0.29) is 29.7 Å². The third-order valence-corrected chi connectivity index (χ3v) is 9.32. The lowest BCUT2D eigenvalue weighted by Crippen LogP contribution is -2.51. The smallest absolute Gasteiger partial charge is 0.192 e. The Morgan fingerprint density at radius 2 is 2.06 bits per heavy atom. The molecule has 0 aromatic carbocycles. The van der Waals surface area contributed by atoms with E-state index >= 15 is 0 Å². The zero-order valence-corrected chi connectivity index (χ0v) is 13.7. The Hall–Kier alpha value is 0.0969. The van der Waals surface area contributed by atoms with E-state index in [0.717, 1.165) is 0 Å². The summed E-state index contributed by atoms with van der Waals surface area (Å²) in [5.41, 5.74) is -0.570. The first kappa shape index (κ1) is 13.1. The molecule has 2 aliphatic rings. The van der Waals surface area contributed by atoms with Crippen LogP contribution in [-0.2, 0) is 13.9 Å². The molecule has 0 aromatic heterocycles. The Kier molecular flexibility index (Phi) is 3.13. The van der Waals surface area contributed by atoms with E-state index in [1.807, 2.05) is 13.8 Å². The third kappa shape index (κ3) is 2.07. The van der Waals surface area contributed by atoms with Crippen LogP contribution < -0.4 is 0 Å². The summed E-state index contributed by atoms with van der Waals surface area (Å²) in [7, 11) is -1.88. The van der Waals surface area contributed by atoms with Gasteiger partial charge in [0.15, 0.2) is 8.32 Å². The highest BCUT2D eigenvalue weighted by Crippen LogP contribution is 2.47. The lowest BCUT2D eigenvalue weighted by atomic mass is 9.96. The first-order valence-electron chi connectivity index (χ1n) is 7.48. The summed E-state index contributed by atoms with van der Waals surface area (Å²) in [6, 6.07) is 0. The summed E-state index contributed by atoms with van der Waals surface area (Å²) in [6.07, 6.45) is -0.411. The Morgan fingerprint density at radius 1 is 1.44 bits per heavy atom. The van der Waals surface area contributed by atoms with Crippen LogP contribution in [0, 0.1) is 0 Å². The van der Waals surface area contributed by atoms with Gasteiger partial charge in [-0.15, -0.1) is 0 Å². The number of rotatable bonds is 3. The van der Waals surface area contributed by atoms with Gasteiger partial charge in [-0.2, -0.15) is 0 Å². The zero-order valence-electron chi connectivity index (χ0n) is 13.7. The highest BCUT2D eigenvalue weighted by atomic mass is 28.4. The second-order valence-electron chi connectivity index (χ2n) is 7.14. The largest absolute Gasteiger partial charge is 0.408 e. The maximum atomic E-state index is 8.16. The summed E-state index contributed by atoms with van der Waals surface area (Å²) >= 11 is 0. The predicted molar refractivity (Wildman–Crippen MR) is 75.4 cm³/mol. The van der Waals surface area contributed by atoms with Crippen LogP contribution in [0.25, 0.3) is 0 Å². The van der Waals surface area contributed by atoms with Gasteiger partial charge in [-0.25, -0.2) is 0 Å². The average Bonchev–Trinajstić information content (AvgIpc) is 2.68. The first-order chi connectivity index (χ1) is 8.51. The zero-order chi connectivity index (χ0) is 14.6. The molecule has 2 aliphatic heterocycles. The van der Waals surface area contributed by atoms with E-state index in [1.54, 1.807) is 0 Å². The monoisotopic (exact) mass is 273 g/mol. The molecule has 2 fully saturated rings. The average molecular weight is 273 g/mol. The Bertz CT molecular complexity index is 353. The predicted octanol–water partition coefficient (Wildman–Crippen LogP) is 3.34. The minimum atomic E-state index is -1.88. The first-order valence-corrected chi connectivity index (χ1v) is 9.81. The summed E-state index contributed by atoms with van der Waals surface area (Å²) < 4.78 is 26.6. The highest BCUT2D eigenvalue weighted by Gasteiger charge is 2.61. The van der Waals surface area contributed by atoms with Crippen molar-refractivity contribution < 1.29 is 15.3 Å². The van der Waals surface area contributed by atoms with Gasteiger partial charge in [-0.1, -0.05) is 27.7 Å². The molecule has 0 N–H and O–H groups in total. The molecule has 4 heteroatoms. The second kappa shape index (κ2) is 4.30. The normalized spacial score (nSPS) is 43.1. The van der Waals surface area contributed by atoms with E-state index in [0.29, 0.717) is 6.61 Å². The van der Waals surface area contributed by atoms with E-state index in [9.17, 15) is 0 Å². The lowest BCUT2D eigenvalue weighted by Gasteiger charge is -2.40. The van der Waals surface area contributed by atoms with Crippen LogP contribution >= 0.6 is 0 Å². The van der Waals surface area contributed by atoms with E-state index < -0.39 is 13.9 Å². The van der Waals surface area contributed by atoms with Crippen LogP contribution in [0.5, 0.6) is 0 Å². The molecule has 0 radical (unpaired) electrons. The van der Waals surface area contributed by atoms with Crippen molar-refractivity contribution in [2.45, 2.75) is 83.1 Å². The molecule has 2 heterocycles. The summed E-state index contributed by atoms with van der Waals surface area (Å²) in [5, 5.41) is 0.157. The molecule has 0 saturated carbocycles. The Morgan fingerprint density at radius 3 is 2.50 bits per heavy atom. The fourth-order valence-corrected chi connectivity index (χ4v) is 3.87. The van der Waals surface area contributed by atoms with Gasteiger partial charge in [-0.05, 0) is 31.5 Å². The van der Waals surface area contributed by atoms with E-state index in [2.05, 4.69) is 33.9 Å². The molecular formula is C14H28O3Si. The fourth-order valence-electron chi connectivity index (χ4n) is 2.55. The van der Waals surface area contributed by atoms with Crippen LogP contribution in [0.15, 0.2) is 0 Å². The molecule has 2 saturated heterocycles. The van der Waals surface area contributed by atoms with E-state index in [4.69, 9.17) is 15.3 Å². The van der Waals surface area contributed by atoms with Crippen molar-refractivity contribution in [3.63, 3.8) is 0 Å². The van der Waals surface area contributed by atoms with Crippen molar-refractivity contribution in [2.24, 2.45) is 0 Å². The van der Waals surface area contributed by atoms with Gasteiger partial charge in [0.25, 0.3) is 0 Å². The fraction of sp³-hybridized carbons (Fsp3) is 1.00. The van der Waals surface area contributed by atoms with Gasteiger partial charge < -0.3 is 13.9 Å². The molecule has 5 atom stereocenters. The number of hydrogen-bond acceptors (Lipinski definition) is 3. The second-order valence-corrected chi connectivity index (χ2v) is 11.9. The van der Waals surface area contributed by atoms with Crippen molar-refractivity contribution >= 4 is 8.32 Å². The standard InChI is InChI=1S/C14H28O3Si/c1-8-14-9-15-11(10(2)16-14)12(14)17-18(6,7)13(3,4)5/h10-12H,8-9H2,1-7H3/t10-,11-,12-,14-/m0/s1/i8D/t8?,10-,11-,12-,14-. The Labute approximate surface area is 114 Å². The van der Waals surface area contributed by atoms with Crippen LogP contribution in [-0.4, -0.2) is 38.8 Å². The van der Waals surface area contributed by atoms with Crippen LogP contribution in [0.3, 0.4) is 0 Å². The quantitative estimate of drug-likeness (QED) is 0.738. The molecule has 0 amide bonds. The van der Waals surface area contributed by atoms with E-state index in [1.165, 1.54) is 0 Å². The Balaban J connectivity index is 2.25. The topological polar surface area (TPSA) is 27.7 Å². The van der Waals surface area contributed by atoms with Gasteiger partial charge in [0.2, 0.25) is 0 Å². The molecule has 1 unspecified atom stereocenters. The summed E-state index contributed by atoms with van der Waals surface area (Å²) in [4.78, 5) is 0. The van der Waals surface area contributed by atoms with Gasteiger partial charge >= 0.3 is 0 Å². The minimum Gasteiger partial charge on any atom is -0.408 e. The van der Waals surface area contributed by atoms with Gasteiger partial charge in [0.1, 0.15) is 17.8 Å². The molecule has 0 aliphatic carbocycles. The lowest BCUT2D eigenvalue weighted by molar-refractivity contribution is -0.139. The van der Waals surface area contributed by atoms with Crippen molar-refractivity contribution in [1.29, 1.82) is 0 Å². The summed E-state index contributed by atoms with van der Waals surface area (Å²) in [5.74, 6) is 0. The minimum absolute atomic E-state index is 0.0121. The van der Waals surface area contributed by atoms with Crippen LogP contribution in [0.4, 0.5) is 0 Å². The van der Waals surface area contributed by atoms with Crippen molar-refractivity contribution in [3.05, 3.63) is 0 Å². The highest BCUT2D eigenvalue weighted by molar-refractivity contribution is 6.74. The van der Waals surface area contributed by atoms with Crippen molar-refractivity contribution in [1.82, 2.24) is 0 Å². The molecule has 106 valence electrons. The van der Waals surface area contributed by atoms with Gasteiger partial charge in [0, 0.05) is 1.37 Å². The van der Waals surface area contributed by atoms with Gasteiger partial charge in [0.05, 0.1) is 12.7 Å². The SMILES string of the molecule is [2H]C(C)[C@@]12CO[C@@H]([C@H](C)O1)[C@@H]2O[Si](C)(C)C(C)(C)C. The maximum absolute atomic E-state index is 8.16. The molecule has 3 nitrogen and oxygen atoms in total. The van der Waals surface area contributed by atoms with Crippen LogP contribution in [0.2, 0.25) is 18.1 Å². The van der Waals surface area contributed by atoms with Crippen molar-refractivity contribution in [2.75, 3.05) is 6.61 Å². The number of ether oxygens (including phenoxy) is 2. The van der Waals surface area contributed by atoms with Crippen LogP contribution in [0.1, 0.15) is 42.4 Å². The molecule has 2 rings (SSSR count). The molecule has 0 aromatic rings. The third-order valence-electron chi connectivity index (χ3n) is 4.87. The molecule has 0 spiro atoms. The molecule has 2 bridgehead atoms. The van der Waals surface area contributed by atoms with Crippen molar-refractivity contribution in [3.8, 4) is 0 Å². The molecular weight excluding hydrogens is 244 g/mol. The summed E-state index contributed by atoms with van der Waals surface area (Å²) in [6.45, 7) is 15.6.